The van der Waals surface area contributed by atoms with Crippen molar-refractivity contribution < 1.29 is 4.79 Å². The minimum atomic E-state index is -0.439. The van der Waals surface area contributed by atoms with Gasteiger partial charge in [-0.05, 0) is 11.6 Å². The van der Waals surface area contributed by atoms with Gasteiger partial charge in [0.15, 0.2) is 0 Å². The van der Waals surface area contributed by atoms with Crippen LogP contribution >= 0.6 is 0 Å². The van der Waals surface area contributed by atoms with E-state index in [4.69, 9.17) is 5.73 Å². The topological polar surface area (TPSA) is 46.3 Å². The number of primary amides is 1. The van der Waals surface area contributed by atoms with Crippen molar-refractivity contribution in [1.29, 1.82) is 0 Å². The number of carbonyl (C=O) groups excluding carboxylic acids is 1. The van der Waals surface area contributed by atoms with Gasteiger partial charge in [-0.25, -0.2) is 0 Å². The molecule has 3 nitrogen and oxygen atoms in total. The van der Waals surface area contributed by atoms with E-state index in [9.17, 15) is 4.79 Å². The van der Waals surface area contributed by atoms with Crippen LogP contribution in [0.2, 0.25) is 0 Å². The number of hydrogen-bond acceptors (Lipinski definition) is 2. The molecule has 0 saturated heterocycles. The van der Waals surface area contributed by atoms with Crippen molar-refractivity contribution in [2.45, 2.75) is 0 Å². The molecule has 0 unspecified atom stereocenters. The molecule has 1 aliphatic rings. The third-order valence-electron chi connectivity index (χ3n) is 1.46. The Morgan fingerprint density at radius 3 is 2.82 bits per heavy atom. The average Bonchev–Trinajstić information content (AvgIpc) is 1.94. The second-order valence-corrected chi connectivity index (χ2v) is 2.41. The van der Waals surface area contributed by atoms with Gasteiger partial charge < -0.3 is 10.6 Å². The van der Waals surface area contributed by atoms with Crippen molar-refractivity contribution in [3.05, 3.63) is 36.2 Å². The van der Waals surface area contributed by atoms with Crippen LogP contribution in [-0.2, 0) is 4.79 Å². The van der Waals surface area contributed by atoms with Crippen molar-refractivity contribution >= 4 is 5.91 Å². The second kappa shape index (κ2) is 2.62. The fraction of sp³-hybridized carbons (Fsp3) is 0.125. The van der Waals surface area contributed by atoms with Crippen LogP contribution in [0.15, 0.2) is 36.2 Å². The fourth-order valence-electron chi connectivity index (χ4n) is 0.849. The smallest absolute Gasteiger partial charge is 0.250 e. The lowest BCUT2D eigenvalue weighted by atomic mass is 10.1. The molecule has 0 bridgehead atoms. The Balaban J connectivity index is 2.94. The molecule has 0 spiro atoms. The summed E-state index contributed by atoms with van der Waals surface area (Å²) in [5.74, 6) is -0.439. The molecule has 0 aromatic carbocycles. The average molecular weight is 150 g/mol. The van der Waals surface area contributed by atoms with Crippen molar-refractivity contribution in [1.82, 2.24) is 4.90 Å². The zero-order valence-electron chi connectivity index (χ0n) is 6.37. The van der Waals surface area contributed by atoms with Crippen LogP contribution in [0.25, 0.3) is 0 Å². The van der Waals surface area contributed by atoms with E-state index < -0.39 is 5.91 Å². The first-order valence-corrected chi connectivity index (χ1v) is 3.22. The number of carbonyl (C=O) groups is 1. The lowest BCUT2D eigenvalue weighted by Gasteiger charge is -2.15. The van der Waals surface area contributed by atoms with E-state index in [1.54, 1.807) is 17.2 Å². The summed E-state index contributed by atoms with van der Waals surface area (Å²) in [6, 6.07) is 0. The zero-order valence-corrected chi connectivity index (χ0v) is 6.37. The Morgan fingerprint density at radius 1 is 1.73 bits per heavy atom. The molecule has 0 aromatic heterocycles. The van der Waals surface area contributed by atoms with E-state index in [1.165, 1.54) is 0 Å². The summed E-state index contributed by atoms with van der Waals surface area (Å²) in [5.41, 5.74) is 6.22. The van der Waals surface area contributed by atoms with E-state index in [0.29, 0.717) is 11.1 Å². The SMILES string of the molecule is C=C1C=CN(C)C=C1C(N)=O. The quantitative estimate of drug-likeness (QED) is 0.587. The van der Waals surface area contributed by atoms with E-state index in [0.717, 1.165) is 0 Å². The van der Waals surface area contributed by atoms with Gasteiger partial charge in [0.1, 0.15) is 0 Å². The summed E-state index contributed by atoms with van der Waals surface area (Å²) in [6.45, 7) is 3.67. The largest absolute Gasteiger partial charge is 0.366 e. The first kappa shape index (κ1) is 7.60. The summed E-state index contributed by atoms with van der Waals surface area (Å²) in [5, 5.41) is 0. The molecule has 0 fully saturated rings. The van der Waals surface area contributed by atoms with Crippen molar-refractivity contribution in [3.8, 4) is 0 Å². The highest BCUT2D eigenvalue weighted by atomic mass is 16.1. The van der Waals surface area contributed by atoms with E-state index in [1.807, 2.05) is 13.2 Å². The first-order valence-electron chi connectivity index (χ1n) is 3.22. The normalized spacial score (nSPS) is 16.6. The summed E-state index contributed by atoms with van der Waals surface area (Å²) < 4.78 is 0. The Bertz CT molecular complexity index is 263. The van der Waals surface area contributed by atoms with Gasteiger partial charge in [0, 0.05) is 19.4 Å². The Hall–Kier alpha value is -1.51. The summed E-state index contributed by atoms with van der Waals surface area (Å²) in [4.78, 5) is 12.5. The maximum Gasteiger partial charge on any atom is 0.250 e. The molecular weight excluding hydrogens is 140 g/mol. The number of rotatable bonds is 1. The molecular formula is C8H10N2O. The monoisotopic (exact) mass is 150 g/mol. The Morgan fingerprint density at radius 2 is 2.36 bits per heavy atom. The maximum absolute atomic E-state index is 10.7. The highest BCUT2D eigenvalue weighted by Crippen LogP contribution is 2.14. The van der Waals surface area contributed by atoms with Gasteiger partial charge in [-0.1, -0.05) is 6.58 Å². The highest BCUT2D eigenvalue weighted by molar-refractivity contribution is 5.97. The summed E-state index contributed by atoms with van der Waals surface area (Å²) in [7, 11) is 1.83. The zero-order chi connectivity index (χ0) is 8.43. The van der Waals surface area contributed by atoms with Gasteiger partial charge in [0.2, 0.25) is 0 Å². The van der Waals surface area contributed by atoms with Crippen LogP contribution in [0.1, 0.15) is 0 Å². The second-order valence-electron chi connectivity index (χ2n) is 2.41. The van der Waals surface area contributed by atoms with E-state index in [2.05, 4.69) is 6.58 Å². The molecule has 0 aliphatic carbocycles. The minimum Gasteiger partial charge on any atom is -0.366 e. The molecule has 1 rings (SSSR count). The highest BCUT2D eigenvalue weighted by Gasteiger charge is 2.10. The molecule has 58 valence electrons. The van der Waals surface area contributed by atoms with Crippen LogP contribution in [0.5, 0.6) is 0 Å². The standard InChI is InChI=1S/C8H10N2O/c1-6-3-4-10(2)5-7(6)8(9)11/h3-5H,1H2,2H3,(H2,9,11). The minimum absolute atomic E-state index is 0.439. The first-order chi connectivity index (χ1) is 5.11. The molecule has 0 saturated carbocycles. The molecule has 0 aromatic rings. The molecule has 0 radical (unpaired) electrons. The number of nitrogens with two attached hydrogens (primary N) is 1. The molecule has 1 heterocycles. The van der Waals surface area contributed by atoms with Crippen molar-refractivity contribution in [2.24, 2.45) is 5.73 Å². The van der Waals surface area contributed by atoms with Gasteiger partial charge >= 0.3 is 0 Å². The molecule has 1 amide bonds. The van der Waals surface area contributed by atoms with Gasteiger partial charge in [0.25, 0.3) is 5.91 Å². The Labute approximate surface area is 65.5 Å². The summed E-state index contributed by atoms with van der Waals surface area (Å²) >= 11 is 0. The third-order valence-corrected chi connectivity index (χ3v) is 1.46. The molecule has 2 N–H and O–H groups in total. The lowest BCUT2D eigenvalue weighted by Crippen LogP contribution is -2.19. The van der Waals surface area contributed by atoms with Crippen molar-refractivity contribution in [3.63, 3.8) is 0 Å². The van der Waals surface area contributed by atoms with Crippen LogP contribution < -0.4 is 5.73 Å². The number of allylic oxidation sites excluding steroid dienone is 1. The third kappa shape index (κ3) is 1.49. The van der Waals surface area contributed by atoms with Gasteiger partial charge in [-0.3, -0.25) is 4.79 Å². The van der Waals surface area contributed by atoms with E-state index >= 15 is 0 Å². The molecule has 0 atom stereocenters. The fourth-order valence-corrected chi connectivity index (χ4v) is 0.849. The van der Waals surface area contributed by atoms with Crippen LogP contribution in [0.3, 0.4) is 0 Å². The number of hydrogen-bond donors (Lipinski definition) is 1. The van der Waals surface area contributed by atoms with Crippen LogP contribution in [-0.4, -0.2) is 17.9 Å². The Kier molecular flexibility index (Phi) is 1.81. The van der Waals surface area contributed by atoms with Crippen molar-refractivity contribution in [2.75, 3.05) is 7.05 Å². The molecule has 3 heteroatoms. The number of amides is 1. The van der Waals surface area contributed by atoms with Crippen LogP contribution in [0, 0.1) is 0 Å². The predicted octanol–water partition coefficient (Wildman–Crippen LogP) is 0.371. The lowest BCUT2D eigenvalue weighted by molar-refractivity contribution is -0.114. The van der Waals surface area contributed by atoms with Gasteiger partial charge in [-0.2, -0.15) is 0 Å². The molecule has 11 heavy (non-hydrogen) atoms. The van der Waals surface area contributed by atoms with Crippen LogP contribution in [0.4, 0.5) is 0 Å². The van der Waals surface area contributed by atoms with Gasteiger partial charge in [0.05, 0.1) is 5.57 Å². The summed E-state index contributed by atoms with van der Waals surface area (Å²) in [6.07, 6.45) is 5.22. The van der Waals surface area contributed by atoms with Gasteiger partial charge in [-0.15, -0.1) is 0 Å². The van der Waals surface area contributed by atoms with E-state index in [-0.39, 0.29) is 0 Å². The number of nitrogens with zero attached hydrogens (tertiary/aromatic N) is 1. The maximum atomic E-state index is 10.7. The predicted molar refractivity (Wildman–Crippen MR) is 43.3 cm³/mol. The molecule has 1 aliphatic heterocycles.